The summed E-state index contributed by atoms with van der Waals surface area (Å²) in [5.41, 5.74) is -2.81. The third-order valence-corrected chi connectivity index (χ3v) is 2.44. The molecule has 116 valence electrons. The predicted molar refractivity (Wildman–Crippen MR) is 72.1 cm³/mol. The van der Waals surface area contributed by atoms with Gasteiger partial charge in [-0.3, -0.25) is 10.1 Å². The second-order valence-electron chi connectivity index (χ2n) is 5.40. The average molecular weight is 300 g/mol. The van der Waals surface area contributed by atoms with Gasteiger partial charge in [0.05, 0.1) is 11.3 Å². The standard InChI is InChI=1S/C11H16N4O6/c1-10(2,3)21-9(18)14-7(8(16)17)4-11(15(19)20)5-12-6-13-11/h5-7H,4H2,1-3H3,(H,14,18)(H,16,17). The molecule has 1 amide bonds. The molecule has 0 aromatic heterocycles. The van der Waals surface area contributed by atoms with Gasteiger partial charge in [-0.1, -0.05) is 0 Å². The van der Waals surface area contributed by atoms with Crippen LogP contribution in [0.5, 0.6) is 0 Å². The van der Waals surface area contributed by atoms with Crippen molar-refractivity contribution in [1.82, 2.24) is 5.32 Å². The lowest BCUT2D eigenvalue weighted by atomic mass is 10.0. The number of nitrogens with one attached hydrogen (secondary N) is 1. The number of carboxylic acids is 1. The Hall–Kier alpha value is -2.52. The summed E-state index contributed by atoms with van der Waals surface area (Å²) >= 11 is 0. The van der Waals surface area contributed by atoms with Crippen LogP contribution in [0.2, 0.25) is 0 Å². The minimum atomic E-state index is -1.99. The van der Waals surface area contributed by atoms with E-state index in [4.69, 9.17) is 9.84 Å². The zero-order valence-corrected chi connectivity index (χ0v) is 11.8. The van der Waals surface area contributed by atoms with Gasteiger partial charge in [-0.2, -0.15) is 4.99 Å². The van der Waals surface area contributed by atoms with Crippen LogP contribution in [-0.2, 0) is 9.53 Å². The maximum absolute atomic E-state index is 11.6. The Bertz CT molecular complexity index is 495. The van der Waals surface area contributed by atoms with Gasteiger partial charge >= 0.3 is 17.7 Å². The molecule has 1 aliphatic rings. The summed E-state index contributed by atoms with van der Waals surface area (Å²) in [6.45, 7) is 4.82. The first kappa shape index (κ1) is 16.5. The second kappa shape index (κ2) is 5.85. The van der Waals surface area contributed by atoms with E-state index in [0.29, 0.717) is 0 Å². The zero-order valence-electron chi connectivity index (χ0n) is 11.8. The van der Waals surface area contributed by atoms with Crippen molar-refractivity contribution in [3.05, 3.63) is 10.1 Å². The molecule has 1 aliphatic heterocycles. The maximum atomic E-state index is 11.6. The van der Waals surface area contributed by atoms with Crippen molar-refractivity contribution in [2.24, 2.45) is 9.98 Å². The Morgan fingerprint density at radius 2 is 2.14 bits per heavy atom. The van der Waals surface area contributed by atoms with E-state index in [9.17, 15) is 19.7 Å². The summed E-state index contributed by atoms with van der Waals surface area (Å²) in [5, 5.41) is 22.2. The molecule has 2 N–H and O–H groups in total. The molecule has 0 aromatic rings. The fourth-order valence-electron chi connectivity index (χ4n) is 1.54. The van der Waals surface area contributed by atoms with Crippen molar-refractivity contribution in [3.8, 4) is 0 Å². The van der Waals surface area contributed by atoms with Gasteiger partial charge in [0, 0.05) is 0 Å². The molecule has 0 saturated carbocycles. The maximum Gasteiger partial charge on any atom is 0.408 e. The summed E-state index contributed by atoms with van der Waals surface area (Å²) in [5.74, 6) is -1.43. The number of alkyl carbamates (subject to hydrolysis) is 1. The lowest BCUT2D eigenvalue weighted by Crippen LogP contribution is -2.50. The number of carbonyl (C=O) groups is 2. The van der Waals surface area contributed by atoms with Crippen LogP contribution in [0.15, 0.2) is 9.98 Å². The zero-order chi connectivity index (χ0) is 16.3. The number of nitrogens with zero attached hydrogens (tertiary/aromatic N) is 3. The van der Waals surface area contributed by atoms with Gasteiger partial charge in [-0.25, -0.2) is 14.6 Å². The summed E-state index contributed by atoms with van der Waals surface area (Å²) in [7, 11) is 0. The van der Waals surface area contributed by atoms with Crippen LogP contribution in [-0.4, -0.2) is 52.0 Å². The number of rotatable bonds is 5. The van der Waals surface area contributed by atoms with Crippen molar-refractivity contribution in [2.75, 3.05) is 0 Å². The Morgan fingerprint density at radius 1 is 1.52 bits per heavy atom. The third kappa shape index (κ3) is 4.51. The highest BCUT2D eigenvalue weighted by Crippen LogP contribution is 2.20. The summed E-state index contributed by atoms with van der Waals surface area (Å²) in [6, 6.07) is -1.54. The molecule has 0 aromatic carbocycles. The molecule has 2 atom stereocenters. The lowest BCUT2D eigenvalue weighted by Gasteiger charge is -2.23. The predicted octanol–water partition coefficient (Wildman–Crippen LogP) is 0.440. The molecule has 10 nitrogen and oxygen atoms in total. The van der Waals surface area contributed by atoms with Gasteiger partial charge < -0.3 is 15.2 Å². The molecule has 10 heteroatoms. The molecular weight excluding hydrogens is 284 g/mol. The van der Waals surface area contributed by atoms with E-state index in [1.807, 2.05) is 0 Å². The fraction of sp³-hybridized carbons (Fsp3) is 0.636. The summed E-state index contributed by atoms with van der Waals surface area (Å²) in [4.78, 5) is 40.1. The number of nitro groups is 1. The van der Waals surface area contributed by atoms with Crippen molar-refractivity contribution in [3.63, 3.8) is 0 Å². The van der Waals surface area contributed by atoms with E-state index in [1.54, 1.807) is 20.8 Å². The number of hydrogen-bond acceptors (Lipinski definition) is 7. The highest BCUT2D eigenvalue weighted by molar-refractivity contribution is 5.86. The molecule has 0 aliphatic carbocycles. The molecule has 1 heterocycles. The van der Waals surface area contributed by atoms with Crippen LogP contribution in [0.4, 0.5) is 4.79 Å². The smallest absolute Gasteiger partial charge is 0.408 e. The van der Waals surface area contributed by atoms with E-state index in [-0.39, 0.29) is 0 Å². The number of carbonyl (C=O) groups excluding carboxylic acids is 1. The van der Waals surface area contributed by atoms with E-state index in [2.05, 4.69) is 15.3 Å². The number of ether oxygens (including phenoxy) is 1. The highest BCUT2D eigenvalue weighted by atomic mass is 16.6. The minimum Gasteiger partial charge on any atom is -0.480 e. The van der Waals surface area contributed by atoms with Gasteiger partial charge in [0.25, 0.3) is 0 Å². The Labute approximate surface area is 120 Å². The first-order valence-corrected chi connectivity index (χ1v) is 6.00. The second-order valence-corrected chi connectivity index (χ2v) is 5.40. The fourth-order valence-corrected chi connectivity index (χ4v) is 1.54. The quantitative estimate of drug-likeness (QED) is 0.557. The number of hydrogen-bond donors (Lipinski definition) is 2. The van der Waals surface area contributed by atoms with E-state index in [1.165, 1.54) is 0 Å². The Morgan fingerprint density at radius 3 is 2.52 bits per heavy atom. The van der Waals surface area contributed by atoms with Crippen LogP contribution in [0.3, 0.4) is 0 Å². The monoisotopic (exact) mass is 300 g/mol. The van der Waals surface area contributed by atoms with E-state index in [0.717, 1.165) is 12.6 Å². The summed E-state index contributed by atoms with van der Waals surface area (Å²) < 4.78 is 4.92. The van der Waals surface area contributed by atoms with Gasteiger partial charge in [0.2, 0.25) is 0 Å². The van der Waals surface area contributed by atoms with Gasteiger partial charge in [-0.15, -0.1) is 0 Å². The third-order valence-electron chi connectivity index (χ3n) is 2.44. The van der Waals surface area contributed by atoms with Crippen molar-refractivity contribution in [2.45, 2.75) is 44.5 Å². The number of aliphatic carboxylic acids is 1. The van der Waals surface area contributed by atoms with Crippen LogP contribution in [0.1, 0.15) is 27.2 Å². The SMILES string of the molecule is CC(C)(C)OC(=O)NC(CC1([N+](=O)[O-])C=NC=N1)C(=O)O. The number of carboxylic acid groups (broad SMARTS) is 1. The van der Waals surface area contributed by atoms with Crippen molar-refractivity contribution < 1.29 is 24.4 Å². The van der Waals surface area contributed by atoms with Gasteiger partial charge in [0.15, 0.2) is 0 Å². The molecule has 2 unspecified atom stereocenters. The largest absolute Gasteiger partial charge is 0.480 e. The first-order valence-electron chi connectivity index (χ1n) is 6.00. The molecule has 0 bridgehead atoms. The molecule has 0 saturated heterocycles. The topological polar surface area (TPSA) is 143 Å². The van der Waals surface area contributed by atoms with Gasteiger partial charge in [0.1, 0.15) is 24.2 Å². The van der Waals surface area contributed by atoms with E-state index < -0.39 is 40.7 Å². The minimum absolute atomic E-state index is 0.575. The molecule has 0 radical (unpaired) electrons. The molecular formula is C11H16N4O6. The first-order chi connectivity index (χ1) is 9.56. The number of aliphatic imine (C=N–C) groups is 2. The average Bonchev–Trinajstić information content (AvgIpc) is 2.75. The van der Waals surface area contributed by atoms with Crippen LogP contribution >= 0.6 is 0 Å². The van der Waals surface area contributed by atoms with Crippen molar-refractivity contribution >= 4 is 24.6 Å². The van der Waals surface area contributed by atoms with Crippen LogP contribution in [0.25, 0.3) is 0 Å². The highest BCUT2D eigenvalue weighted by Gasteiger charge is 2.47. The van der Waals surface area contributed by atoms with E-state index >= 15 is 0 Å². The molecule has 0 fully saturated rings. The summed E-state index contributed by atoms with van der Waals surface area (Å²) in [6.07, 6.45) is 0.344. The van der Waals surface area contributed by atoms with Crippen molar-refractivity contribution in [1.29, 1.82) is 0 Å². The molecule has 0 spiro atoms. The molecule has 21 heavy (non-hydrogen) atoms. The number of amides is 1. The Balaban J connectivity index is 2.82. The molecule has 1 rings (SSSR count). The van der Waals surface area contributed by atoms with Gasteiger partial charge in [-0.05, 0) is 20.8 Å². The van der Waals surface area contributed by atoms with Crippen LogP contribution in [0, 0.1) is 10.1 Å². The Kier molecular flexibility index (Phi) is 4.61. The van der Waals surface area contributed by atoms with Crippen LogP contribution < -0.4 is 5.32 Å². The normalized spacial score (nSPS) is 21.9. The lowest BCUT2D eigenvalue weighted by molar-refractivity contribution is -0.544.